The molecular formula is C14H24N2O3S. The van der Waals surface area contributed by atoms with Crippen molar-refractivity contribution in [1.82, 2.24) is 4.72 Å². The summed E-state index contributed by atoms with van der Waals surface area (Å²) in [4.78, 5) is 0.274. The molecule has 1 aromatic carbocycles. The first-order valence-corrected chi connectivity index (χ1v) is 7.96. The van der Waals surface area contributed by atoms with Crippen LogP contribution in [0.25, 0.3) is 0 Å². The lowest BCUT2D eigenvalue weighted by Crippen LogP contribution is -2.39. The molecule has 0 amide bonds. The zero-order valence-electron chi connectivity index (χ0n) is 12.8. The molecule has 1 rings (SSSR count). The third-order valence-electron chi connectivity index (χ3n) is 3.38. The summed E-state index contributed by atoms with van der Waals surface area (Å²) in [5, 5.41) is 0. The highest BCUT2D eigenvalue weighted by atomic mass is 32.2. The molecule has 6 heteroatoms. The van der Waals surface area contributed by atoms with E-state index in [1.807, 2.05) is 26.8 Å². The Bertz CT molecular complexity index is 580. The van der Waals surface area contributed by atoms with E-state index in [1.54, 1.807) is 20.1 Å². The number of rotatable bonds is 6. The summed E-state index contributed by atoms with van der Waals surface area (Å²) in [5.74, 6) is 0. The molecule has 0 aliphatic rings. The molecule has 0 saturated carbocycles. The van der Waals surface area contributed by atoms with Gasteiger partial charge in [-0.1, -0.05) is 6.07 Å². The quantitative estimate of drug-likeness (QED) is 0.833. The molecule has 0 aliphatic carbocycles. The first-order chi connectivity index (χ1) is 9.13. The van der Waals surface area contributed by atoms with Crippen molar-refractivity contribution >= 4 is 10.0 Å². The predicted molar refractivity (Wildman–Crippen MR) is 80.1 cm³/mol. The number of nitrogens with two attached hydrogens (primary N) is 1. The van der Waals surface area contributed by atoms with Gasteiger partial charge in [0.15, 0.2) is 0 Å². The third kappa shape index (κ3) is 4.02. The summed E-state index contributed by atoms with van der Waals surface area (Å²) in [5.41, 5.74) is 7.64. The number of methoxy groups -OCH3 is 1. The molecule has 0 atom stereocenters. The molecule has 0 saturated heterocycles. The van der Waals surface area contributed by atoms with Gasteiger partial charge in [0.05, 0.1) is 10.5 Å². The van der Waals surface area contributed by atoms with E-state index in [-0.39, 0.29) is 11.4 Å². The topological polar surface area (TPSA) is 81.4 Å². The normalized spacial score (nSPS) is 12.7. The Hall–Kier alpha value is -0.950. The van der Waals surface area contributed by atoms with Gasteiger partial charge in [-0.3, -0.25) is 0 Å². The van der Waals surface area contributed by atoms with Gasteiger partial charge in [-0.15, -0.1) is 0 Å². The maximum Gasteiger partial charge on any atom is 0.240 e. The van der Waals surface area contributed by atoms with Crippen molar-refractivity contribution in [3.8, 4) is 0 Å². The van der Waals surface area contributed by atoms with E-state index >= 15 is 0 Å². The molecule has 0 fully saturated rings. The molecule has 3 N–H and O–H groups in total. The van der Waals surface area contributed by atoms with Gasteiger partial charge in [0.1, 0.15) is 0 Å². The summed E-state index contributed by atoms with van der Waals surface area (Å²) >= 11 is 0. The number of ether oxygens (including phenoxy) is 1. The lowest BCUT2D eigenvalue weighted by atomic mass is 10.1. The molecule has 0 heterocycles. The van der Waals surface area contributed by atoms with Gasteiger partial charge < -0.3 is 10.5 Å². The fourth-order valence-corrected chi connectivity index (χ4v) is 3.28. The van der Waals surface area contributed by atoms with Gasteiger partial charge in [0.2, 0.25) is 10.0 Å². The van der Waals surface area contributed by atoms with E-state index in [1.165, 1.54) is 0 Å². The van der Waals surface area contributed by atoms with Gasteiger partial charge in [-0.2, -0.15) is 0 Å². The second kappa shape index (κ2) is 6.22. The van der Waals surface area contributed by atoms with E-state index in [0.29, 0.717) is 12.1 Å². The number of hydrogen-bond acceptors (Lipinski definition) is 4. The summed E-state index contributed by atoms with van der Waals surface area (Å²) in [6, 6.07) is 3.49. The van der Waals surface area contributed by atoms with E-state index < -0.39 is 15.6 Å². The average molecular weight is 300 g/mol. The molecule has 1 aromatic rings. The van der Waals surface area contributed by atoms with Crippen molar-refractivity contribution < 1.29 is 13.2 Å². The minimum Gasteiger partial charge on any atom is -0.377 e. The van der Waals surface area contributed by atoms with Crippen LogP contribution in [0.4, 0.5) is 0 Å². The highest BCUT2D eigenvalue weighted by Gasteiger charge is 2.23. The second-order valence-corrected chi connectivity index (χ2v) is 7.27. The summed E-state index contributed by atoms with van der Waals surface area (Å²) in [6.07, 6.45) is 0. The van der Waals surface area contributed by atoms with Crippen molar-refractivity contribution in [2.45, 2.75) is 44.7 Å². The first kappa shape index (κ1) is 17.1. The summed E-state index contributed by atoms with van der Waals surface area (Å²) in [7, 11) is -2.02. The van der Waals surface area contributed by atoms with Crippen LogP contribution in [0.1, 0.15) is 30.5 Å². The standard InChI is InChI=1S/C14H24N2O3S/c1-10-6-11(2)13(7-12(10)8-15)20(17,18)16-9-14(3,4)19-5/h6-7,16H,8-9,15H2,1-5H3. The Morgan fingerprint density at radius 2 is 1.85 bits per heavy atom. The average Bonchev–Trinajstić information content (AvgIpc) is 2.36. The number of nitrogens with one attached hydrogen (secondary N) is 1. The highest BCUT2D eigenvalue weighted by Crippen LogP contribution is 2.20. The third-order valence-corrected chi connectivity index (χ3v) is 4.93. The molecule has 0 aromatic heterocycles. The van der Waals surface area contributed by atoms with Gasteiger partial charge in [-0.05, 0) is 50.5 Å². The van der Waals surface area contributed by atoms with Crippen LogP contribution in [0.2, 0.25) is 0 Å². The molecular weight excluding hydrogens is 276 g/mol. The van der Waals surface area contributed by atoms with Crippen LogP contribution < -0.4 is 10.5 Å². The lowest BCUT2D eigenvalue weighted by Gasteiger charge is -2.23. The molecule has 20 heavy (non-hydrogen) atoms. The van der Waals surface area contributed by atoms with Crippen LogP contribution >= 0.6 is 0 Å². The van der Waals surface area contributed by atoms with Crippen LogP contribution in [-0.4, -0.2) is 27.7 Å². The van der Waals surface area contributed by atoms with Crippen LogP contribution in [0.3, 0.4) is 0 Å². The number of aryl methyl sites for hydroxylation is 2. The molecule has 0 bridgehead atoms. The van der Waals surface area contributed by atoms with Crippen molar-refractivity contribution in [2.24, 2.45) is 5.73 Å². The lowest BCUT2D eigenvalue weighted by molar-refractivity contribution is 0.0276. The minimum absolute atomic E-state index is 0.205. The van der Waals surface area contributed by atoms with E-state index in [9.17, 15) is 8.42 Å². The van der Waals surface area contributed by atoms with Gasteiger partial charge in [-0.25, -0.2) is 13.1 Å². The predicted octanol–water partition coefficient (Wildman–Crippen LogP) is 1.47. The molecule has 0 spiro atoms. The SMILES string of the molecule is COC(C)(C)CNS(=O)(=O)c1cc(CN)c(C)cc1C. The number of benzene rings is 1. The Morgan fingerprint density at radius 3 is 2.35 bits per heavy atom. The molecule has 0 aliphatic heterocycles. The first-order valence-electron chi connectivity index (χ1n) is 6.48. The van der Waals surface area contributed by atoms with Gasteiger partial charge in [0.25, 0.3) is 0 Å². The smallest absolute Gasteiger partial charge is 0.240 e. The summed E-state index contributed by atoms with van der Waals surface area (Å²) < 4.78 is 32.6. The largest absolute Gasteiger partial charge is 0.377 e. The monoisotopic (exact) mass is 300 g/mol. The number of hydrogen-bond donors (Lipinski definition) is 2. The van der Waals surface area contributed by atoms with E-state index in [0.717, 1.165) is 11.1 Å². The van der Waals surface area contributed by atoms with Crippen molar-refractivity contribution in [3.63, 3.8) is 0 Å². The molecule has 5 nitrogen and oxygen atoms in total. The van der Waals surface area contributed by atoms with Crippen LogP contribution in [0.15, 0.2) is 17.0 Å². The Kier molecular flexibility index (Phi) is 5.32. The molecule has 114 valence electrons. The maximum atomic E-state index is 12.4. The van der Waals surface area contributed by atoms with E-state index in [2.05, 4.69) is 4.72 Å². The second-order valence-electron chi connectivity index (χ2n) is 5.54. The van der Waals surface area contributed by atoms with Crippen molar-refractivity contribution in [2.75, 3.05) is 13.7 Å². The van der Waals surface area contributed by atoms with Gasteiger partial charge in [0, 0.05) is 20.2 Å². The summed E-state index contributed by atoms with van der Waals surface area (Å²) in [6.45, 7) is 7.87. The molecule has 0 unspecified atom stereocenters. The zero-order chi connectivity index (χ0) is 15.6. The van der Waals surface area contributed by atoms with Crippen LogP contribution in [0.5, 0.6) is 0 Å². The van der Waals surface area contributed by atoms with Crippen molar-refractivity contribution in [3.05, 3.63) is 28.8 Å². The Morgan fingerprint density at radius 1 is 1.25 bits per heavy atom. The van der Waals surface area contributed by atoms with Crippen LogP contribution in [-0.2, 0) is 21.3 Å². The Labute approximate surface area is 121 Å². The maximum absolute atomic E-state index is 12.4. The zero-order valence-corrected chi connectivity index (χ0v) is 13.6. The fourth-order valence-electron chi connectivity index (χ4n) is 1.80. The van der Waals surface area contributed by atoms with Crippen molar-refractivity contribution in [1.29, 1.82) is 0 Å². The van der Waals surface area contributed by atoms with E-state index in [4.69, 9.17) is 10.5 Å². The fraction of sp³-hybridized carbons (Fsp3) is 0.571. The molecule has 0 radical (unpaired) electrons. The van der Waals surface area contributed by atoms with Gasteiger partial charge >= 0.3 is 0 Å². The highest BCUT2D eigenvalue weighted by molar-refractivity contribution is 7.89. The Balaban J connectivity index is 3.10. The number of sulfonamides is 1. The van der Waals surface area contributed by atoms with Crippen LogP contribution in [0, 0.1) is 13.8 Å². The minimum atomic E-state index is -3.57.